The van der Waals surface area contributed by atoms with Crippen molar-refractivity contribution in [1.82, 2.24) is 10.2 Å². The molecule has 1 aliphatic rings. The van der Waals surface area contributed by atoms with E-state index in [0.29, 0.717) is 44.9 Å². The van der Waals surface area contributed by atoms with Gasteiger partial charge in [-0.05, 0) is 25.7 Å². The second kappa shape index (κ2) is 10.9. The van der Waals surface area contributed by atoms with Gasteiger partial charge >= 0.3 is 12.1 Å². The zero-order valence-corrected chi connectivity index (χ0v) is 15.8. The molecule has 1 fully saturated rings. The summed E-state index contributed by atoms with van der Waals surface area (Å²) in [5.41, 5.74) is 0. The SMILES string of the molecule is CN=C(NCCCCC(F)(F)F)N1CCC(C(=O)OC)CC1.I. The van der Waals surface area contributed by atoms with Crippen LogP contribution in [0.2, 0.25) is 0 Å². The monoisotopic (exact) mass is 451 g/mol. The first-order chi connectivity index (χ1) is 10.4. The molecule has 0 aromatic rings. The standard InChI is InChI=1S/C14H24F3N3O2.HI/c1-18-13(19-8-4-3-7-14(15,16)17)20-9-5-11(6-10-20)12(21)22-2;/h11H,3-10H2,1-2H3,(H,18,19);1H. The fourth-order valence-electron chi connectivity index (χ4n) is 2.48. The van der Waals surface area contributed by atoms with Crippen LogP contribution in [0.25, 0.3) is 0 Å². The first-order valence-electron chi connectivity index (χ1n) is 7.47. The molecule has 0 unspecified atom stereocenters. The number of guanidine groups is 1. The van der Waals surface area contributed by atoms with Crippen LogP contribution in [0.4, 0.5) is 13.2 Å². The van der Waals surface area contributed by atoms with Gasteiger partial charge in [0.15, 0.2) is 5.96 Å². The number of alkyl halides is 3. The average molecular weight is 451 g/mol. The molecule has 0 spiro atoms. The Kier molecular flexibility index (Phi) is 10.6. The third-order valence-corrected chi connectivity index (χ3v) is 3.71. The van der Waals surface area contributed by atoms with Gasteiger partial charge in [0.05, 0.1) is 13.0 Å². The molecule has 0 aromatic heterocycles. The molecular weight excluding hydrogens is 426 g/mol. The maximum atomic E-state index is 12.0. The van der Waals surface area contributed by atoms with Gasteiger partial charge in [-0.25, -0.2) is 0 Å². The van der Waals surface area contributed by atoms with Crippen molar-refractivity contribution in [1.29, 1.82) is 0 Å². The van der Waals surface area contributed by atoms with Gasteiger partial charge < -0.3 is 15.0 Å². The van der Waals surface area contributed by atoms with Crippen LogP contribution in [0, 0.1) is 5.92 Å². The van der Waals surface area contributed by atoms with E-state index in [1.54, 1.807) is 7.05 Å². The molecule has 9 heteroatoms. The molecule has 136 valence electrons. The van der Waals surface area contributed by atoms with E-state index in [1.807, 2.05) is 4.90 Å². The fourth-order valence-corrected chi connectivity index (χ4v) is 2.48. The van der Waals surface area contributed by atoms with Crippen molar-refractivity contribution < 1.29 is 22.7 Å². The third-order valence-electron chi connectivity index (χ3n) is 3.71. The van der Waals surface area contributed by atoms with Gasteiger partial charge in [0, 0.05) is 33.1 Å². The number of likely N-dealkylation sites (tertiary alicyclic amines) is 1. The molecule has 1 heterocycles. The zero-order valence-electron chi connectivity index (χ0n) is 13.5. The van der Waals surface area contributed by atoms with Crippen LogP contribution >= 0.6 is 24.0 Å². The molecule has 0 bridgehead atoms. The van der Waals surface area contributed by atoms with Gasteiger partial charge in [-0.1, -0.05) is 0 Å². The molecule has 5 nitrogen and oxygen atoms in total. The van der Waals surface area contributed by atoms with Crippen LogP contribution in [-0.4, -0.2) is 56.8 Å². The summed E-state index contributed by atoms with van der Waals surface area (Å²) in [5.74, 6) is 0.413. The Hall–Kier alpha value is -0.740. The summed E-state index contributed by atoms with van der Waals surface area (Å²) >= 11 is 0. The number of nitrogens with one attached hydrogen (secondary N) is 1. The molecule has 0 radical (unpaired) electrons. The highest BCUT2D eigenvalue weighted by Crippen LogP contribution is 2.22. The minimum Gasteiger partial charge on any atom is -0.469 e. The molecule has 0 amide bonds. The number of esters is 1. The van der Waals surface area contributed by atoms with Crippen molar-refractivity contribution in [2.24, 2.45) is 10.9 Å². The highest BCUT2D eigenvalue weighted by atomic mass is 127. The molecule has 1 aliphatic heterocycles. The van der Waals surface area contributed by atoms with Crippen LogP contribution < -0.4 is 5.32 Å². The second-order valence-electron chi connectivity index (χ2n) is 5.33. The summed E-state index contributed by atoms with van der Waals surface area (Å²) in [7, 11) is 3.03. The quantitative estimate of drug-likeness (QED) is 0.230. The van der Waals surface area contributed by atoms with E-state index in [1.165, 1.54) is 7.11 Å². The third kappa shape index (κ3) is 8.61. The largest absolute Gasteiger partial charge is 0.469 e. The van der Waals surface area contributed by atoms with Gasteiger partial charge in [0.2, 0.25) is 0 Å². The second-order valence-corrected chi connectivity index (χ2v) is 5.33. The molecule has 1 saturated heterocycles. The van der Waals surface area contributed by atoms with E-state index in [9.17, 15) is 18.0 Å². The number of methoxy groups -OCH3 is 1. The van der Waals surface area contributed by atoms with E-state index < -0.39 is 12.6 Å². The van der Waals surface area contributed by atoms with Gasteiger partial charge in [-0.2, -0.15) is 13.2 Å². The van der Waals surface area contributed by atoms with Crippen molar-refractivity contribution in [3.8, 4) is 0 Å². The topological polar surface area (TPSA) is 53.9 Å². The fraction of sp³-hybridized carbons (Fsp3) is 0.857. The lowest BCUT2D eigenvalue weighted by Gasteiger charge is -2.33. The molecule has 0 aliphatic carbocycles. The first kappa shape index (κ1) is 22.3. The Bertz CT molecular complexity index is 384. The molecule has 0 atom stereocenters. The Morgan fingerprint density at radius 2 is 1.91 bits per heavy atom. The van der Waals surface area contributed by atoms with E-state index in [2.05, 4.69) is 10.3 Å². The van der Waals surface area contributed by atoms with Crippen molar-refractivity contribution >= 4 is 35.9 Å². The zero-order chi connectivity index (χ0) is 16.6. The first-order valence-corrected chi connectivity index (χ1v) is 7.47. The maximum Gasteiger partial charge on any atom is 0.389 e. The van der Waals surface area contributed by atoms with E-state index in [-0.39, 0.29) is 42.3 Å². The van der Waals surface area contributed by atoms with Crippen LogP contribution in [0.3, 0.4) is 0 Å². The van der Waals surface area contributed by atoms with Crippen molar-refractivity contribution in [2.75, 3.05) is 33.8 Å². The van der Waals surface area contributed by atoms with Gasteiger partial charge in [-0.15, -0.1) is 24.0 Å². The minimum atomic E-state index is -4.09. The van der Waals surface area contributed by atoms with Gasteiger partial charge in [0.25, 0.3) is 0 Å². The number of carbonyl (C=O) groups excluding carboxylic acids is 1. The van der Waals surface area contributed by atoms with Crippen LogP contribution in [-0.2, 0) is 9.53 Å². The van der Waals surface area contributed by atoms with Crippen LogP contribution in [0.15, 0.2) is 4.99 Å². The highest BCUT2D eigenvalue weighted by Gasteiger charge is 2.27. The summed E-state index contributed by atoms with van der Waals surface area (Å²) in [6.45, 7) is 1.82. The number of ether oxygens (including phenoxy) is 1. The Morgan fingerprint density at radius 3 is 2.39 bits per heavy atom. The van der Waals surface area contributed by atoms with Crippen LogP contribution in [0.5, 0.6) is 0 Å². The average Bonchev–Trinajstić information content (AvgIpc) is 2.49. The van der Waals surface area contributed by atoms with Gasteiger partial charge in [-0.3, -0.25) is 9.79 Å². The van der Waals surface area contributed by atoms with E-state index >= 15 is 0 Å². The number of halogens is 4. The molecule has 23 heavy (non-hydrogen) atoms. The van der Waals surface area contributed by atoms with Crippen molar-refractivity contribution in [3.05, 3.63) is 0 Å². The lowest BCUT2D eigenvalue weighted by molar-refractivity contribution is -0.146. The number of nitrogens with zero attached hydrogens (tertiary/aromatic N) is 2. The lowest BCUT2D eigenvalue weighted by Crippen LogP contribution is -2.46. The highest BCUT2D eigenvalue weighted by molar-refractivity contribution is 14.0. The number of piperidine rings is 1. The number of rotatable bonds is 5. The number of carbonyl (C=O) groups is 1. The van der Waals surface area contributed by atoms with Crippen molar-refractivity contribution in [3.63, 3.8) is 0 Å². The molecule has 0 saturated carbocycles. The summed E-state index contributed by atoms with van der Waals surface area (Å²) in [5, 5.41) is 3.08. The summed E-state index contributed by atoms with van der Waals surface area (Å²) in [6.07, 6.45) is -2.90. The Morgan fingerprint density at radius 1 is 1.30 bits per heavy atom. The maximum absolute atomic E-state index is 12.0. The predicted octanol–water partition coefficient (Wildman–Crippen LogP) is 2.80. The van der Waals surface area contributed by atoms with Gasteiger partial charge in [0.1, 0.15) is 0 Å². The summed E-state index contributed by atoms with van der Waals surface area (Å²) < 4.78 is 40.9. The number of hydrogen-bond acceptors (Lipinski definition) is 3. The molecule has 0 aromatic carbocycles. The molecule has 1 rings (SSSR count). The summed E-state index contributed by atoms with van der Waals surface area (Å²) in [6, 6.07) is 0. The lowest BCUT2D eigenvalue weighted by atomic mass is 9.97. The Labute approximate surface area is 152 Å². The van der Waals surface area contributed by atoms with Crippen molar-refractivity contribution in [2.45, 2.75) is 38.3 Å². The Balaban J connectivity index is 0.00000484. The van der Waals surface area contributed by atoms with Crippen LogP contribution in [0.1, 0.15) is 32.1 Å². The normalized spacial score (nSPS) is 16.7. The number of unbranched alkanes of at least 4 members (excludes halogenated alkanes) is 1. The number of hydrogen-bond donors (Lipinski definition) is 1. The van der Waals surface area contributed by atoms with E-state index in [4.69, 9.17) is 4.74 Å². The molecular formula is C14H25F3IN3O2. The number of aliphatic imine (C=N–C) groups is 1. The smallest absolute Gasteiger partial charge is 0.389 e. The summed E-state index contributed by atoms with van der Waals surface area (Å²) in [4.78, 5) is 17.6. The molecule has 1 N–H and O–H groups in total. The van der Waals surface area contributed by atoms with E-state index in [0.717, 1.165) is 0 Å². The minimum absolute atomic E-state index is 0. The predicted molar refractivity (Wildman–Crippen MR) is 93.0 cm³/mol.